The molecule has 0 spiro atoms. The molecule has 0 aliphatic heterocycles. The van der Waals surface area contributed by atoms with E-state index < -0.39 is 24.3 Å². The Morgan fingerprint density at radius 2 is 0.826 bits per heavy atom. The number of carbonyl (C=O) groups is 3. The number of rotatable bonds is 52. The molecule has 0 aliphatic rings. The minimum atomic E-state index is -1.62. The number of aliphatic carboxylic acids is 1. The lowest BCUT2D eigenvalue weighted by molar-refractivity contribution is -0.870. The molecule has 0 aromatic carbocycles. The first-order chi connectivity index (χ1) is 33.6. The minimum absolute atomic E-state index is 0.147. The summed E-state index contributed by atoms with van der Waals surface area (Å²) >= 11 is 0. The molecule has 9 heteroatoms. The summed E-state index contributed by atoms with van der Waals surface area (Å²) in [5, 5.41) is 11.8. The number of carboxylic acid groups (broad SMARTS) is 1. The van der Waals surface area contributed by atoms with Gasteiger partial charge in [-0.2, -0.15) is 0 Å². The highest BCUT2D eigenvalue weighted by atomic mass is 16.7. The largest absolute Gasteiger partial charge is 0.545 e. The summed E-state index contributed by atoms with van der Waals surface area (Å²) in [5.74, 6) is -2.28. The number of likely N-dealkylation sites (N-methyl/N-ethyl adjacent to an activating group) is 1. The molecule has 0 heterocycles. The van der Waals surface area contributed by atoms with E-state index in [1.54, 1.807) is 0 Å². The van der Waals surface area contributed by atoms with Crippen molar-refractivity contribution in [3.8, 4) is 0 Å². The van der Waals surface area contributed by atoms with E-state index in [2.05, 4.69) is 74.6 Å². The van der Waals surface area contributed by atoms with Gasteiger partial charge in [-0.15, -0.1) is 0 Å². The second kappa shape index (κ2) is 51.3. The molecule has 0 saturated carbocycles. The van der Waals surface area contributed by atoms with Crippen molar-refractivity contribution in [1.29, 1.82) is 0 Å². The van der Waals surface area contributed by atoms with Gasteiger partial charge in [0.25, 0.3) is 0 Å². The van der Waals surface area contributed by atoms with Crippen molar-refractivity contribution in [2.45, 2.75) is 257 Å². The van der Waals surface area contributed by atoms with Crippen LogP contribution in [0.15, 0.2) is 60.8 Å². The quantitative estimate of drug-likeness (QED) is 0.0195. The van der Waals surface area contributed by atoms with E-state index in [1.807, 2.05) is 21.1 Å². The lowest BCUT2D eigenvalue weighted by atomic mass is 10.0. The SMILES string of the molecule is CC/C=C\C/C=C\C/C=C\C/C=C\C/C=C\CCCCCCCCCCCCCC(=O)OC(COC(=O)CCCCCCCCCCCCCCCCCCC)COC(OCC[N+](C)(C)C)C(=O)[O-]. The zero-order valence-electron chi connectivity index (χ0n) is 45.4. The molecule has 9 nitrogen and oxygen atoms in total. The Morgan fingerprint density at radius 1 is 0.449 bits per heavy atom. The van der Waals surface area contributed by atoms with Crippen LogP contribution in [0, 0.1) is 0 Å². The van der Waals surface area contributed by atoms with Crippen LogP contribution in [0.25, 0.3) is 0 Å². The van der Waals surface area contributed by atoms with Crippen molar-refractivity contribution in [1.82, 2.24) is 0 Å². The second-order valence-electron chi connectivity index (χ2n) is 20.2. The number of hydrogen-bond acceptors (Lipinski definition) is 8. The average molecular weight is 971 g/mol. The summed E-state index contributed by atoms with van der Waals surface area (Å²) in [7, 11) is 5.92. The molecule has 0 aliphatic carbocycles. The van der Waals surface area contributed by atoms with Gasteiger partial charge in [0.1, 0.15) is 13.2 Å². The zero-order chi connectivity index (χ0) is 50.6. The van der Waals surface area contributed by atoms with E-state index >= 15 is 0 Å². The maximum atomic E-state index is 12.9. The lowest BCUT2D eigenvalue weighted by Crippen LogP contribution is -2.44. The number of allylic oxidation sites excluding steroid dienone is 10. The fourth-order valence-electron chi connectivity index (χ4n) is 7.92. The van der Waals surface area contributed by atoms with Crippen LogP contribution in [0.4, 0.5) is 0 Å². The fourth-order valence-corrected chi connectivity index (χ4v) is 7.92. The predicted molar refractivity (Wildman–Crippen MR) is 288 cm³/mol. The van der Waals surface area contributed by atoms with Crippen LogP contribution in [-0.4, -0.2) is 82.3 Å². The molecular weight excluding hydrogens is 863 g/mol. The molecule has 0 bridgehead atoms. The number of ether oxygens (including phenoxy) is 4. The van der Waals surface area contributed by atoms with Crippen LogP contribution in [0.1, 0.15) is 245 Å². The molecular formula is C60H107NO8. The van der Waals surface area contributed by atoms with Crippen molar-refractivity contribution < 1.29 is 42.9 Å². The molecule has 0 rings (SSSR count). The normalized spacial score (nSPS) is 13.2. The zero-order valence-corrected chi connectivity index (χ0v) is 45.4. The van der Waals surface area contributed by atoms with Crippen LogP contribution in [0.3, 0.4) is 0 Å². The van der Waals surface area contributed by atoms with Gasteiger partial charge in [0.15, 0.2) is 12.4 Å². The highest BCUT2D eigenvalue weighted by Crippen LogP contribution is 2.16. The Morgan fingerprint density at radius 3 is 1.23 bits per heavy atom. The third-order valence-corrected chi connectivity index (χ3v) is 12.3. The topological polar surface area (TPSA) is 111 Å². The first-order valence-corrected chi connectivity index (χ1v) is 28.4. The van der Waals surface area contributed by atoms with E-state index in [4.69, 9.17) is 18.9 Å². The van der Waals surface area contributed by atoms with Crippen molar-refractivity contribution >= 4 is 17.9 Å². The van der Waals surface area contributed by atoms with Gasteiger partial charge in [-0.1, -0.05) is 235 Å². The number of hydrogen-bond donors (Lipinski definition) is 0. The number of carbonyl (C=O) groups excluding carboxylic acids is 3. The Balaban J connectivity index is 4.24. The molecule has 0 aromatic rings. The van der Waals surface area contributed by atoms with Gasteiger partial charge in [-0.3, -0.25) is 9.59 Å². The van der Waals surface area contributed by atoms with Crippen LogP contribution in [0.5, 0.6) is 0 Å². The molecule has 2 atom stereocenters. The van der Waals surface area contributed by atoms with Gasteiger partial charge in [-0.25, -0.2) is 0 Å². The van der Waals surface area contributed by atoms with Crippen LogP contribution < -0.4 is 5.11 Å². The third-order valence-electron chi connectivity index (χ3n) is 12.3. The fraction of sp³-hybridized carbons (Fsp3) is 0.783. The molecule has 69 heavy (non-hydrogen) atoms. The standard InChI is InChI=1S/C60H107NO8/c1-6-8-10-12-14-16-18-20-22-24-25-26-27-28-29-30-31-32-33-35-37-39-41-43-45-47-49-51-58(63)69-56(55-68-60(59(64)65)66-53-52-61(3,4)5)54-67-57(62)50-48-46-44-42-40-38-36-34-23-21-19-17-15-13-11-9-7-2/h8,10,14,16,20,22,25-26,28-29,56,60H,6-7,9,11-13,15,17-19,21,23-24,27,30-55H2,1-5H3/b10-8-,16-14-,22-20-,26-25-,29-28-. The van der Waals surface area contributed by atoms with E-state index in [0.717, 1.165) is 77.0 Å². The van der Waals surface area contributed by atoms with Crippen molar-refractivity contribution in [3.63, 3.8) is 0 Å². The molecule has 0 fully saturated rings. The molecule has 0 radical (unpaired) electrons. The Labute approximate surface area is 425 Å². The van der Waals surface area contributed by atoms with Gasteiger partial charge in [0.2, 0.25) is 0 Å². The number of unbranched alkanes of at least 4 members (excludes halogenated alkanes) is 27. The lowest BCUT2D eigenvalue weighted by Gasteiger charge is -2.26. The maximum Gasteiger partial charge on any atom is 0.306 e. The number of quaternary nitrogens is 1. The van der Waals surface area contributed by atoms with Crippen molar-refractivity contribution in [2.24, 2.45) is 0 Å². The number of carboxylic acids is 1. The van der Waals surface area contributed by atoms with Gasteiger partial charge < -0.3 is 33.3 Å². The highest BCUT2D eigenvalue weighted by molar-refractivity contribution is 5.70. The van der Waals surface area contributed by atoms with E-state index in [1.165, 1.54) is 135 Å². The Hall–Kier alpha value is -3.01. The third kappa shape index (κ3) is 52.6. The van der Waals surface area contributed by atoms with Gasteiger partial charge in [-0.05, 0) is 57.8 Å². The van der Waals surface area contributed by atoms with Crippen LogP contribution in [-0.2, 0) is 33.3 Å². The van der Waals surface area contributed by atoms with Gasteiger partial charge in [0.05, 0.1) is 40.3 Å². The first-order valence-electron chi connectivity index (χ1n) is 28.4. The van der Waals surface area contributed by atoms with Crippen LogP contribution >= 0.6 is 0 Å². The van der Waals surface area contributed by atoms with E-state index in [9.17, 15) is 19.5 Å². The molecule has 0 saturated heterocycles. The predicted octanol–water partition coefficient (Wildman–Crippen LogP) is 15.1. The van der Waals surface area contributed by atoms with Crippen molar-refractivity contribution in [3.05, 3.63) is 60.8 Å². The second-order valence-corrected chi connectivity index (χ2v) is 20.2. The molecule has 0 aromatic heterocycles. The summed E-state index contributed by atoms with van der Waals surface area (Å²) in [6.07, 6.45) is 61.2. The smallest absolute Gasteiger partial charge is 0.306 e. The molecule has 2 unspecified atom stereocenters. The Kier molecular flexibility index (Phi) is 49.1. The number of nitrogens with zero attached hydrogens (tertiary/aromatic N) is 1. The summed E-state index contributed by atoms with van der Waals surface area (Å²) in [4.78, 5) is 37.3. The summed E-state index contributed by atoms with van der Waals surface area (Å²) < 4.78 is 22.7. The van der Waals surface area contributed by atoms with Gasteiger partial charge in [0, 0.05) is 12.8 Å². The summed E-state index contributed by atoms with van der Waals surface area (Å²) in [5.41, 5.74) is 0. The van der Waals surface area contributed by atoms with Gasteiger partial charge >= 0.3 is 11.9 Å². The summed E-state index contributed by atoms with van der Waals surface area (Å²) in [6, 6.07) is 0. The molecule has 0 N–H and O–H groups in total. The first kappa shape index (κ1) is 66.0. The average Bonchev–Trinajstić information content (AvgIpc) is 3.31. The Bertz CT molecular complexity index is 1310. The molecule has 0 amide bonds. The number of esters is 2. The van der Waals surface area contributed by atoms with E-state index in [-0.39, 0.29) is 32.2 Å². The van der Waals surface area contributed by atoms with Crippen LogP contribution in [0.2, 0.25) is 0 Å². The summed E-state index contributed by atoms with van der Waals surface area (Å²) in [6.45, 7) is 4.65. The maximum absolute atomic E-state index is 12.9. The molecule has 400 valence electrons. The van der Waals surface area contributed by atoms with E-state index in [0.29, 0.717) is 23.9 Å². The van der Waals surface area contributed by atoms with Crippen molar-refractivity contribution in [2.75, 3.05) is 47.5 Å². The highest BCUT2D eigenvalue weighted by Gasteiger charge is 2.22. The monoisotopic (exact) mass is 970 g/mol. The minimum Gasteiger partial charge on any atom is -0.545 e.